The Morgan fingerprint density at radius 3 is 2.79 bits per heavy atom. The minimum absolute atomic E-state index is 0.0966. The fraction of sp³-hybridized carbons (Fsp3) is 0.316. The molecule has 2 aliphatic rings. The lowest BCUT2D eigenvalue weighted by molar-refractivity contribution is -0.154. The Balaban J connectivity index is 1.48. The van der Waals surface area contributed by atoms with Gasteiger partial charge < -0.3 is 15.2 Å². The van der Waals surface area contributed by atoms with Gasteiger partial charge in [-0.15, -0.1) is 16.9 Å². The van der Waals surface area contributed by atoms with E-state index in [1.807, 2.05) is 0 Å². The van der Waals surface area contributed by atoms with E-state index < -0.39 is 35.3 Å². The first-order valence-electron chi connectivity index (χ1n) is 9.62. The smallest absolute Gasteiger partial charge is 0.352 e. The minimum Gasteiger partial charge on any atom is -0.477 e. The molecule has 172 valence electrons. The number of amides is 2. The Morgan fingerprint density at radius 1 is 1.39 bits per heavy atom. The maximum absolute atomic E-state index is 12.8. The highest BCUT2D eigenvalue weighted by molar-refractivity contribution is 8.01. The second-order valence-electron chi connectivity index (χ2n) is 7.05. The first kappa shape index (κ1) is 22.8. The molecule has 0 radical (unpaired) electrons. The van der Waals surface area contributed by atoms with Crippen molar-refractivity contribution in [1.29, 1.82) is 0 Å². The second kappa shape index (κ2) is 9.62. The van der Waals surface area contributed by atoms with Gasteiger partial charge >= 0.3 is 5.97 Å². The minimum atomic E-state index is -1.23. The zero-order valence-electron chi connectivity index (χ0n) is 17.2. The molecule has 1 fully saturated rings. The molecule has 2 aromatic rings. The van der Waals surface area contributed by atoms with Crippen LogP contribution in [0.2, 0.25) is 0 Å². The fourth-order valence-electron chi connectivity index (χ4n) is 3.49. The fourth-order valence-corrected chi connectivity index (χ4v) is 5.83. The summed E-state index contributed by atoms with van der Waals surface area (Å²) in [6.07, 6.45) is -1.22. The molecule has 1 aromatic carbocycles. The number of thioether (sulfide) groups is 2. The van der Waals surface area contributed by atoms with Gasteiger partial charge in [-0.3, -0.25) is 19.3 Å². The van der Waals surface area contributed by atoms with E-state index in [0.29, 0.717) is 27.8 Å². The summed E-state index contributed by atoms with van der Waals surface area (Å²) in [4.78, 5) is 49.7. The Bertz CT molecular complexity index is 1120. The molecule has 2 N–H and O–H groups in total. The lowest BCUT2D eigenvalue weighted by atomic mass is 10.0. The van der Waals surface area contributed by atoms with Crippen LogP contribution < -0.4 is 5.32 Å². The predicted molar refractivity (Wildman–Crippen MR) is 116 cm³/mol. The third kappa shape index (κ3) is 4.43. The molecule has 12 nitrogen and oxygen atoms in total. The summed E-state index contributed by atoms with van der Waals surface area (Å²) < 4.78 is 6.40. The molecule has 2 amide bonds. The van der Waals surface area contributed by atoms with Gasteiger partial charge in [-0.05, 0) is 16.0 Å². The van der Waals surface area contributed by atoms with Crippen LogP contribution in [-0.2, 0) is 31.0 Å². The lowest BCUT2D eigenvalue weighted by Gasteiger charge is -2.49. The number of nitrogens with one attached hydrogen (secondary N) is 1. The zero-order chi connectivity index (χ0) is 23.5. The Hall–Kier alpha value is -3.39. The number of benzene rings is 1. The quantitative estimate of drug-likeness (QED) is 0.276. The van der Waals surface area contributed by atoms with E-state index in [2.05, 4.69) is 20.8 Å². The van der Waals surface area contributed by atoms with Gasteiger partial charge in [0.05, 0.1) is 0 Å². The number of ether oxygens (including phenoxy) is 1. The number of β-lactam (4-membered cyclic amide) rings is 1. The van der Waals surface area contributed by atoms with Crippen LogP contribution in [0.25, 0.3) is 0 Å². The molecular formula is C19H18N6O6S2. The number of carboxylic acids is 1. The molecule has 0 bridgehead atoms. The topological polar surface area (TPSA) is 157 Å². The standard InChI is InChI=1S/C19H18N6O6S2/c1-24-19(21-22-23-24)33-8-11-7-32-17-12(16(28)25(17)13(11)18(29)30)20-15(27)14(31-9-26)10-5-3-2-4-6-10/h2-6,9,12,14,17H,7-8H2,1H3,(H,20,27)(H,29,30)/t12?,14?,17-/m0/s1. The molecule has 2 aliphatic heterocycles. The number of nitrogens with zero attached hydrogens (tertiary/aromatic N) is 5. The van der Waals surface area contributed by atoms with E-state index in [-0.39, 0.29) is 12.2 Å². The number of aliphatic carboxylic acids is 1. The van der Waals surface area contributed by atoms with E-state index in [1.165, 1.54) is 33.1 Å². The molecular weight excluding hydrogens is 472 g/mol. The highest BCUT2D eigenvalue weighted by Gasteiger charge is 2.54. The molecule has 3 heterocycles. The molecule has 14 heteroatoms. The average molecular weight is 491 g/mol. The van der Waals surface area contributed by atoms with Crippen LogP contribution in [0.1, 0.15) is 11.7 Å². The van der Waals surface area contributed by atoms with E-state index >= 15 is 0 Å². The van der Waals surface area contributed by atoms with Crippen molar-refractivity contribution in [1.82, 2.24) is 30.4 Å². The molecule has 3 atom stereocenters. The molecule has 0 spiro atoms. The van der Waals surface area contributed by atoms with Crippen molar-refractivity contribution in [3.63, 3.8) is 0 Å². The maximum Gasteiger partial charge on any atom is 0.352 e. The van der Waals surface area contributed by atoms with Gasteiger partial charge in [-0.25, -0.2) is 9.48 Å². The summed E-state index contributed by atoms with van der Waals surface area (Å²) in [5.41, 5.74) is 0.910. The maximum atomic E-state index is 12.8. The van der Waals surface area contributed by atoms with Crippen LogP contribution in [0.3, 0.4) is 0 Å². The Labute approximate surface area is 195 Å². The Kier molecular flexibility index (Phi) is 6.65. The van der Waals surface area contributed by atoms with Crippen molar-refractivity contribution in [2.24, 2.45) is 7.05 Å². The number of carboxylic acid groups (broad SMARTS) is 1. The van der Waals surface area contributed by atoms with E-state index in [0.717, 1.165) is 0 Å². The molecule has 4 rings (SSSR count). The Morgan fingerprint density at radius 2 is 2.15 bits per heavy atom. The number of aryl methyl sites for hydroxylation is 1. The third-order valence-electron chi connectivity index (χ3n) is 5.04. The first-order valence-corrected chi connectivity index (χ1v) is 11.7. The molecule has 1 aromatic heterocycles. The monoisotopic (exact) mass is 490 g/mol. The SMILES string of the molecule is Cn1nnnc1SCC1=C(C(=O)O)N2C(=O)C(NC(=O)C(OC=O)c3ccccc3)[C@@H]2SC1. The zero-order valence-corrected chi connectivity index (χ0v) is 18.8. The molecule has 2 unspecified atom stereocenters. The summed E-state index contributed by atoms with van der Waals surface area (Å²) in [6.45, 7) is 0.170. The number of carbonyl (C=O) groups excluding carboxylic acids is 3. The number of aromatic nitrogens is 4. The molecule has 0 saturated carbocycles. The molecule has 33 heavy (non-hydrogen) atoms. The van der Waals surface area contributed by atoms with E-state index in [4.69, 9.17) is 4.74 Å². The van der Waals surface area contributed by atoms with Crippen LogP contribution >= 0.6 is 23.5 Å². The van der Waals surface area contributed by atoms with Gasteiger partial charge in [0.25, 0.3) is 18.3 Å². The first-order chi connectivity index (χ1) is 15.9. The van der Waals surface area contributed by atoms with Crippen LogP contribution in [-0.4, -0.2) is 77.4 Å². The summed E-state index contributed by atoms with van der Waals surface area (Å²) in [5.74, 6) is -1.79. The summed E-state index contributed by atoms with van der Waals surface area (Å²) in [5, 5.41) is 23.4. The highest BCUT2D eigenvalue weighted by atomic mass is 32.2. The van der Waals surface area contributed by atoms with Crippen LogP contribution in [0.4, 0.5) is 0 Å². The van der Waals surface area contributed by atoms with Crippen molar-refractivity contribution >= 4 is 47.8 Å². The summed E-state index contributed by atoms with van der Waals surface area (Å²) in [6, 6.07) is 7.45. The van der Waals surface area contributed by atoms with Crippen molar-refractivity contribution in [3.8, 4) is 0 Å². The van der Waals surface area contributed by atoms with Gasteiger partial charge in [0.1, 0.15) is 17.1 Å². The summed E-state index contributed by atoms with van der Waals surface area (Å²) in [7, 11) is 1.67. The lowest BCUT2D eigenvalue weighted by Crippen LogP contribution is -2.71. The predicted octanol–water partition coefficient (Wildman–Crippen LogP) is -0.0449. The van der Waals surface area contributed by atoms with Gasteiger partial charge in [0.2, 0.25) is 11.3 Å². The van der Waals surface area contributed by atoms with Gasteiger partial charge in [-0.1, -0.05) is 42.1 Å². The van der Waals surface area contributed by atoms with Crippen LogP contribution in [0, 0.1) is 0 Å². The van der Waals surface area contributed by atoms with Crippen LogP contribution in [0.15, 0.2) is 46.8 Å². The van der Waals surface area contributed by atoms with E-state index in [9.17, 15) is 24.3 Å². The van der Waals surface area contributed by atoms with Crippen molar-refractivity contribution in [2.75, 3.05) is 11.5 Å². The number of tetrazole rings is 1. The van der Waals surface area contributed by atoms with E-state index in [1.54, 1.807) is 37.4 Å². The van der Waals surface area contributed by atoms with Crippen molar-refractivity contribution in [2.45, 2.75) is 22.7 Å². The van der Waals surface area contributed by atoms with Gasteiger partial charge in [0, 0.05) is 24.1 Å². The van der Waals surface area contributed by atoms with Crippen molar-refractivity contribution in [3.05, 3.63) is 47.2 Å². The molecule has 1 saturated heterocycles. The number of rotatable bonds is 9. The second-order valence-corrected chi connectivity index (χ2v) is 9.10. The number of hydrogen-bond acceptors (Lipinski definition) is 10. The van der Waals surface area contributed by atoms with Gasteiger partial charge in [0.15, 0.2) is 0 Å². The largest absolute Gasteiger partial charge is 0.477 e. The summed E-state index contributed by atoms with van der Waals surface area (Å²) >= 11 is 2.61. The number of carbonyl (C=O) groups is 4. The normalized spacial score (nSPS) is 20.5. The number of fused-ring (bicyclic) bond motifs is 1. The number of hydrogen-bond donors (Lipinski definition) is 2. The van der Waals surface area contributed by atoms with Crippen molar-refractivity contribution < 1.29 is 29.0 Å². The van der Waals surface area contributed by atoms with Gasteiger partial charge in [-0.2, -0.15) is 0 Å². The average Bonchev–Trinajstić information content (AvgIpc) is 3.23. The van der Waals surface area contributed by atoms with Crippen LogP contribution in [0.5, 0.6) is 0 Å². The highest BCUT2D eigenvalue weighted by Crippen LogP contribution is 2.41. The third-order valence-corrected chi connectivity index (χ3v) is 7.47. The molecule has 0 aliphatic carbocycles.